The Labute approximate surface area is 134 Å². The molecule has 0 unspecified atom stereocenters. The lowest BCUT2D eigenvalue weighted by molar-refractivity contribution is -0.153. The number of carbonyl (C=O) groups excluding carboxylic acids is 2. The first-order chi connectivity index (χ1) is 10.1. The lowest BCUT2D eigenvalue weighted by Crippen LogP contribution is -2.42. The first-order valence-electron chi connectivity index (χ1n) is 5.96. The van der Waals surface area contributed by atoms with Gasteiger partial charge in [0.25, 0.3) is 5.91 Å². The predicted molar refractivity (Wildman–Crippen MR) is 72.8 cm³/mol. The van der Waals surface area contributed by atoms with Crippen LogP contribution < -0.4 is 0 Å². The second kappa shape index (κ2) is 7.64. The van der Waals surface area contributed by atoms with Gasteiger partial charge in [0, 0.05) is 6.20 Å². The van der Waals surface area contributed by atoms with Crippen molar-refractivity contribution in [2.45, 2.75) is 13.1 Å². The Kier molecular flexibility index (Phi) is 6.43. The van der Waals surface area contributed by atoms with Crippen molar-refractivity contribution in [3.05, 3.63) is 28.0 Å². The van der Waals surface area contributed by atoms with Gasteiger partial charge < -0.3 is 9.64 Å². The number of hydrogen-bond donors (Lipinski definition) is 0. The first-order valence-corrected chi connectivity index (χ1v) is 6.72. The van der Waals surface area contributed by atoms with E-state index in [-0.39, 0.29) is 22.3 Å². The second-order valence-electron chi connectivity index (χ2n) is 4.08. The van der Waals surface area contributed by atoms with Gasteiger partial charge in [-0.05, 0) is 13.0 Å². The molecule has 0 aliphatic rings. The zero-order valence-corrected chi connectivity index (χ0v) is 12.8. The number of hydrogen-bond acceptors (Lipinski definition) is 4. The minimum atomic E-state index is -4.67. The van der Waals surface area contributed by atoms with E-state index in [0.717, 1.165) is 12.3 Å². The number of nitrogens with zero attached hydrogens (tertiary/aromatic N) is 2. The molecule has 1 heterocycles. The van der Waals surface area contributed by atoms with Gasteiger partial charge in [0.05, 0.1) is 17.2 Å². The monoisotopic (exact) mass is 358 g/mol. The van der Waals surface area contributed by atoms with Gasteiger partial charge in [-0.3, -0.25) is 9.59 Å². The molecule has 0 saturated carbocycles. The average molecular weight is 359 g/mol. The van der Waals surface area contributed by atoms with Crippen LogP contribution in [0.1, 0.15) is 17.3 Å². The topological polar surface area (TPSA) is 59.5 Å². The molecule has 0 radical (unpaired) electrons. The molecular formula is C12H11Cl2F3N2O3. The molecule has 1 rings (SSSR count). The number of ether oxygens (including phenoxy) is 1. The fourth-order valence-electron chi connectivity index (χ4n) is 1.50. The van der Waals surface area contributed by atoms with E-state index >= 15 is 0 Å². The number of pyridine rings is 1. The quantitative estimate of drug-likeness (QED) is 0.599. The van der Waals surface area contributed by atoms with Gasteiger partial charge in [-0.2, -0.15) is 13.2 Å². The molecular weight excluding hydrogens is 348 g/mol. The second-order valence-corrected chi connectivity index (χ2v) is 4.84. The molecule has 1 aromatic rings. The highest BCUT2D eigenvalue weighted by molar-refractivity contribution is 6.41. The van der Waals surface area contributed by atoms with Crippen molar-refractivity contribution in [2.75, 3.05) is 19.7 Å². The summed E-state index contributed by atoms with van der Waals surface area (Å²) in [5.74, 6) is -2.01. The fourth-order valence-corrected chi connectivity index (χ4v) is 1.77. The molecule has 1 aromatic heterocycles. The third-order valence-electron chi connectivity index (χ3n) is 2.33. The predicted octanol–water partition coefficient (Wildman–Crippen LogP) is 2.96. The summed E-state index contributed by atoms with van der Waals surface area (Å²) in [5.41, 5.74) is -0.219. The molecule has 22 heavy (non-hydrogen) atoms. The normalized spacial score (nSPS) is 11.2. The van der Waals surface area contributed by atoms with Gasteiger partial charge in [-0.1, -0.05) is 23.2 Å². The molecule has 0 bridgehead atoms. The molecule has 0 aliphatic heterocycles. The molecule has 0 atom stereocenters. The minimum absolute atomic E-state index is 0.0127. The summed E-state index contributed by atoms with van der Waals surface area (Å²) in [5, 5.41) is -0.179. The molecule has 0 N–H and O–H groups in total. The van der Waals surface area contributed by atoms with Crippen LogP contribution in [0.15, 0.2) is 12.3 Å². The van der Waals surface area contributed by atoms with E-state index in [9.17, 15) is 22.8 Å². The zero-order chi connectivity index (χ0) is 16.9. The van der Waals surface area contributed by atoms with E-state index in [2.05, 4.69) is 9.72 Å². The molecule has 0 aromatic carbocycles. The van der Waals surface area contributed by atoms with E-state index in [4.69, 9.17) is 23.2 Å². The highest BCUT2D eigenvalue weighted by Gasteiger charge is 2.34. The van der Waals surface area contributed by atoms with Gasteiger partial charge in [0.1, 0.15) is 18.2 Å². The van der Waals surface area contributed by atoms with Crippen LogP contribution >= 0.6 is 23.2 Å². The van der Waals surface area contributed by atoms with Crippen molar-refractivity contribution in [1.82, 2.24) is 9.88 Å². The SMILES string of the molecule is CCOC(=O)CN(CC(F)(F)F)C(=O)c1cnc(Cl)c(Cl)c1. The summed E-state index contributed by atoms with van der Waals surface area (Å²) in [6.45, 7) is -0.963. The van der Waals surface area contributed by atoms with Crippen LogP contribution in [0.5, 0.6) is 0 Å². The fraction of sp³-hybridized carbons (Fsp3) is 0.417. The molecule has 10 heteroatoms. The zero-order valence-electron chi connectivity index (χ0n) is 11.3. The van der Waals surface area contributed by atoms with Gasteiger partial charge in [0.2, 0.25) is 0 Å². The van der Waals surface area contributed by atoms with E-state index in [1.165, 1.54) is 6.92 Å². The van der Waals surface area contributed by atoms with Crippen LogP contribution in [-0.2, 0) is 9.53 Å². The van der Waals surface area contributed by atoms with Crippen LogP contribution in [0.4, 0.5) is 13.2 Å². The Morgan fingerprint density at radius 2 is 2.00 bits per heavy atom. The maximum Gasteiger partial charge on any atom is 0.406 e. The molecule has 0 aliphatic carbocycles. The number of esters is 1. The Bertz CT molecular complexity index is 567. The third kappa shape index (κ3) is 5.69. The summed E-state index contributed by atoms with van der Waals surface area (Å²) in [6.07, 6.45) is -3.70. The smallest absolute Gasteiger partial charge is 0.406 e. The Hall–Kier alpha value is -1.54. The maximum atomic E-state index is 12.6. The van der Waals surface area contributed by atoms with E-state index in [0.29, 0.717) is 4.90 Å². The Morgan fingerprint density at radius 3 is 2.50 bits per heavy atom. The highest BCUT2D eigenvalue weighted by Crippen LogP contribution is 2.22. The number of aromatic nitrogens is 1. The van der Waals surface area contributed by atoms with Crippen molar-refractivity contribution in [3.63, 3.8) is 0 Å². The Morgan fingerprint density at radius 1 is 1.36 bits per heavy atom. The van der Waals surface area contributed by atoms with Crippen LogP contribution in [0.2, 0.25) is 10.2 Å². The van der Waals surface area contributed by atoms with Crippen molar-refractivity contribution in [1.29, 1.82) is 0 Å². The van der Waals surface area contributed by atoms with Crippen molar-refractivity contribution < 1.29 is 27.5 Å². The largest absolute Gasteiger partial charge is 0.465 e. The lowest BCUT2D eigenvalue weighted by atomic mass is 10.2. The van der Waals surface area contributed by atoms with Crippen molar-refractivity contribution in [3.8, 4) is 0 Å². The summed E-state index contributed by atoms with van der Waals surface area (Å²) < 4.78 is 42.2. The van der Waals surface area contributed by atoms with Gasteiger partial charge in [-0.25, -0.2) is 4.98 Å². The highest BCUT2D eigenvalue weighted by atomic mass is 35.5. The number of alkyl halides is 3. The lowest BCUT2D eigenvalue weighted by Gasteiger charge is -2.23. The number of carbonyl (C=O) groups is 2. The standard InChI is InChI=1S/C12H11Cl2F3N2O3/c1-2-22-9(20)5-19(6-12(15,16)17)11(21)7-3-8(13)10(14)18-4-7/h3-4H,2,5-6H2,1H3. The summed E-state index contributed by atoms with van der Waals surface area (Å²) in [7, 11) is 0. The molecule has 0 fully saturated rings. The molecule has 5 nitrogen and oxygen atoms in total. The van der Waals surface area contributed by atoms with Gasteiger partial charge >= 0.3 is 12.1 Å². The van der Waals surface area contributed by atoms with E-state index < -0.39 is 31.1 Å². The summed E-state index contributed by atoms with van der Waals surface area (Å²) >= 11 is 11.2. The molecule has 1 amide bonds. The van der Waals surface area contributed by atoms with Crippen molar-refractivity contribution in [2.24, 2.45) is 0 Å². The third-order valence-corrected chi connectivity index (χ3v) is 3.01. The summed E-state index contributed by atoms with van der Waals surface area (Å²) in [6, 6.07) is 1.08. The average Bonchev–Trinajstić information content (AvgIpc) is 2.39. The van der Waals surface area contributed by atoms with Gasteiger partial charge in [-0.15, -0.1) is 0 Å². The van der Waals surface area contributed by atoms with Crippen LogP contribution in [-0.4, -0.2) is 47.6 Å². The van der Waals surface area contributed by atoms with Crippen LogP contribution in [0, 0.1) is 0 Å². The van der Waals surface area contributed by atoms with Crippen LogP contribution in [0.25, 0.3) is 0 Å². The first kappa shape index (κ1) is 18.5. The summed E-state index contributed by atoms with van der Waals surface area (Å²) in [4.78, 5) is 27.3. The number of rotatable bonds is 5. The van der Waals surface area contributed by atoms with Crippen molar-refractivity contribution >= 4 is 35.1 Å². The number of amides is 1. The molecule has 122 valence electrons. The Balaban J connectivity index is 3.00. The molecule has 0 spiro atoms. The maximum absolute atomic E-state index is 12.6. The van der Waals surface area contributed by atoms with E-state index in [1.807, 2.05) is 0 Å². The molecule has 0 saturated heterocycles. The van der Waals surface area contributed by atoms with E-state index in [1.54, 1.807) is 0 Å². The van der Waals surface area contributed by atoms with Crippen LogP contribution in [0.3, 0.4) is 0 Å². The number of halogens is 5. The minimum Gasteiger partial charge on any atom is -0.465 e. The van der Waals surface area contributed by atoms with Gasteiger partial charge in [0.15, 0.2) is 0 Å².